The molecule has 1 amide bonds. The standard InChI is InChI=1S/C18H18N2O4S/c1-2-6-14-9-10-16(20-12-18(21)19-25(20,22)23)17(11-14)24-13-15-7-4-3-5-8-15/h2-5,7-11H,1,6,12-13H2,(H,19,21). The van der Waals surface area contributed by atoms with Gasteiger partial charge < -0.3 is 4.74 Å². The molecule has 0 atom stereocenters. The summed E-state index contributed by atoms with van der Waals surface area (Å²) >= 11 is 0. The molecule has 6 nitrogen and oxygen atoms in total. The second kappa shape index (κ2) is 6.98. The lowest BCUT2D eigenvalue weighted by Gasteiger charge is -2.20. The van der Waals surface area contributed by atoms with Crippen molar-refractivity contribution in [1.29, 1.82) is 0 Å². The second-order valence-corrected chi connectivity index (χ2v) is 7.20. The predicted molar refractivity (Wildman–Crippen MR) is 95.5 cm³/mol. The molecule has 7 heteroatoms. The van der Waals surface area contributed by atoms with Gasteiger partial charge >= 0.3 is 10.2 Å². The first-order valence-electron chi connectivity index (χ1n) is 7.73. The van der Waals surface area contributed by atoms with Gasteiger partial charge in [0.25, 0.3) is 5.91 Å². The number of hydrogen-bond donors (Lipinski definition) is 1. The van der Waals surface area contributed by atoms with Crippen LogP contribution in [0, 0.1) is 0 Å². The number of rotatable bonds is 6. The summed E-state index contributed by atoms with van der Waals surface area (Å²) in [6, 6.07) is 14.8. The highest BCUT2D eigenvalue weighted by atomic mass is 32.2. The molecule has 0 spiro atoms. The molecule has 1 aliphatic heterocycles. The van der Waals surface area contributed by atoms with Gasteiger partial charge in [-0.25, -0.2) is 9.03 Å². The summed E-state index contributed by atoms with van der Waals surface area (Å²) in [6.45, 7) is 3.74. The van der Waals surface area contributed by atoms with E-state index in [1.807, 2.05) is 35.1 Å². The van der Waals surface area contributed by atoms with Gasteiger partial charge in [-0.2, -0.15) is 8.42 Å². The van der Waals surface area contributed by atoms with Crippen LogP contribution in [-0.4, -0.2) is 20.9 Å². The van der Waals surface area contributed by atoms with Crippen LogP contribution in [-0.2, 0) is 28.0 Å². The number of amides is 1. The Balaban J connectivity index is 1.94. The van der Waals surface area contributed by atoms with Crippen LogP contribution in [0.5, 0.6) is 5.75 Å². The molecule has 1 N–H and O–H groups in total. The number of anilines is 1. The smallest absolute Gasteiger partial charge is 0.326 e. The predicted octanol–water partition coefficient (Wildman–Crippen LogP) is 2.18. The third kappa shape index (κ3) is 3.83. The highest BCUT2D eigenvalue weighted by Gasteiger charge is 2.35. The first-order valence-corrected chi connectivity index (χ1v) is 9.17. The fourth-order valence-electron chi connectivity index (χ4n) is 2.57. The van der Waals surface area contributed by atoms with E-state index >= 15 is 0 Å². The SMILES string of the molecule is C=CCc1ccc(N2CC(=O)NS2(=O)=O)c(OCc2ccccc2)c1. The van der Waals surface area contributed by atoms with Gasteiger partial charge in [-0.1, -0.05) is 42.5 Å². The second-order valence-electron chi connectivity index (χ2n) is 5.61. The Labute approximate surface area is 146 Å². The minimum absolute atomic E-state index is 0.259. The summed E-state index contributed by atoms with van der Waals surface area (Å²) in [6.07, 6.45) is 2.39. The normalized spacial score (nSPS) is 15.7. The van der Waals surface area contributed by atoms with Crippen molar-refractivity contribution in [3.63, 3.8) is 0 Å². The Morgan fingerprint density at radius 1 is 1.16 bits per heavy atom. The van der Waals surface area contributed by atoms with Gasteiger partial charge in [-0.05, 0) is 29.7 Å². The molecule has 25 heavy (non-hydrogen) atoms. The Hall–Kier alpha value is -2.80. The van der Waals surface area contributed by atoms with Crippen LogP contribution in [0.1, 0.15) is 11.1 Å². The maximum absolute atomic E-state index is 12.1. The molecule has 3 rings (SSSR count). The van der Waals surface area contributed by atoms with E-state index in [2.05, 4.69) is 6.58 Å². The van der Waals surface area contributed by atoms with Crippen molar-refractivity contribution in [3.8, 4) is 5.75 Å². The fourth-order valence-corrected chi connectivity index (χ4v) is 3.73. The van der Waals surface area contributed by atoms with Crippen molar-refractivity contribution in [3.05, 3.63) is 72.3 Å². The summed E-state index contributed by atoms with van der Waals surface area (Å²) < 4.78 is 33.1. The quantitative estimate of drug-likeness (QED) is 0.803. The minimum atomic E-state index is -3.89. The number of carbonyl (C=O) groups excluding carboxylic acids is 1. The molecule has 130 valence electrons. The lowest BCUT2D eigenvalue weighted by atomic mass is 10.1. The molecule has 2 aromatic rings. The minimum Gasteiger partial charge on any atom is -0.487 e. The highest BCUT2D eigenvalue weighted by Crippen LogP contribution is 2.33. The van der Waals surface area contributed by atoms with E-state index in [9.17, 15) is 13.2 Å². The number of hydrogen-bond acceptors (Lipinski definition) is 4. The largest absolute Gasteiger partial charge is 0.487 e. The first-order chi connectivity index (χ1) is 12.0. The molecular weight excluding hydrogens is 340 g/mol. The van der Waals surface area contributed by atoms with Crippen LogP contribution in [0.25, 0.3) is 0 Å². The molecule has 0 aromatic heterocycles. The van der Waals surface area contributed by atoms with Crippen molar-refractivity contribution < 1.29 is 17.9 Å². The van der Waals surface area contributed by atoms with E-state index in [-0.39, 0.29) is 6.54 Å². The van der Waals surface area contributed by atoms with E-state index in [0.717, 1.165) is 15.4 Å². The molecule has 2 aromatic carbocycles. The summed E-state index contributed by atoms with van der Waals surface area (Å²) in [5.74, 6) is -0.160. The maximum atomic E-state index is 12.1. The van der Waals surface area contributed by atoms with Crippen molar-refractivity contribution in [2.45, 2.75) is 13.0 Å². The van der Waals surface area contributed by atoms with Crippen LogP contribution in [0.3, 0.4) is 0 Å². The Kier molecular flexibility index (Phi) is 4.76. The molecule has 0 bridgehead atoms. The average Bonchev–Trinajstić information content (AvgIpc) is 2.86. The summed E-state index contributed by atoms with van der Waals surface area (Å²) in [5, 5.41) is 0. The van der Waals surface area contributed by atoms with Gasteiger partial charge in [0.1, 0.15) is 18.9 Å². The van der Waals surface area contributed by atoms with Crippen molar-refractivity contribution in [1.82, 2.24) is 4.72 Å². The Bertz CT molecular complexity index is 895. The van der Waals surface area contributed by atoms with Crippen molar-refractivity contribution >= 4 is 21.8 Å². The molecule has 1 heterocycles. The van der Waals surface area contributed by atoms with Crippen molar-refractivity contribution in [2.75, 3.05) is 10.8 Å². The van der Waals surface area contributed by atoms with Gasteiger partial charge in [-0.15, -0.1) is 6.58 Å². The number of benzene rings is 2. The van der Waals surface area contributed by atoms with Crippen molar-refractivity contribution in [2.24, 2.45) is 0 Å². The number of carbonyl (C=O) groups is 1. The summed E-state index contributed by atoms with van der Waals surface area (Å²) in [7, 11) is -3.89. The topological polar surface area (TPSA) is 75.7 Å². The average molecular weight is 358 g/mol. The zero-order chi connectivity index (χ0) is 17.9. The van der Waals surface area contributed by atoms with Crippen LogP contribution in [0.4, 0.5) is 5.69 Å². The van der Waals surface area contributed by atoms with Crippen LogP contribution >= 0.6 is 0 Å². The number of nitrogens with one attached hydrogen (secondary N) is 1. The molecule has 1 saturated heterocycles. The van der Waals surface area contributed by atoms with E-state index in [4.69, 9.17) is 4.74 Å². The zero-order valence-electron chi connectivity index (χ0n) is 13.5. The maximum Gasteiger partial charge on any atom is 0.326 e. The highest BCUT2D eigenvalue weighted by molar-refractivity contribution is 7.92. The molecule has 0 saturated carbocycles. The van der Waals surface area contributed by atoms with Gasteiger partial charge in [0, 0.05) is 0 Å². The van der Waals surface area contributed by atoms with E-state index in [1.54, 1.807) is 24.3 Å². The molecule has 1 fully saturated rings. The van der Waals surface area contributed by atoms with E-state index in [1.165, 1.54) is 0 Å². The molecule has 1 aliphatic rings. The molecular formula is C18H18N2O4S. The summed E-state index contributed by atoms with van der Waals surface area (Å²) in [5.41, 5.74) is 2.24. The lowest BCUT2D eigenvalue weighted by Crippen LogP contribution is -2.29. The number of ether oxygens (including phenoxy) is 1. The first kappa shape index (κ1) is 17.0. The van der Waals surface area contributed by atoms with Crippen LogP contribution in [0.15, 0.2) is 61.2 Å². The number of allylic oxidation sites excluding steroid dienone is 1. The summed E-state index contributed by atoms with van der Waals surface area (Å²) in [4.78, 5) is 11.5. The third-order valence-electron chi connectivity index (χ3n) is 3.73. The van der Waals surface area contributed by atoms with E-state index in [0.29, 0.717) is 24.5 Å². The third-order valence-corrected chi connectivity index (χ3v) is 5.12. The molecule has 0 radical (unpaired) electrons. The van der Waals surface area contributed by atoms with Gasteiger partial charge in [0.15, 0.2) is 0 Å². The lowest BCUT2D eigenvalue weighted by molar-refractivity contribution is -0.117. The fraction of sp³-hybridized carbons (Fsp3) is 0.167. The van der Waals surface area contributed by atoms with Crippen LogP contribution < -0.4 is 13.8 Å². The Morgan fingerprint density at radius 3 is 2.56 bits per heavy atom. The van der Waals surface area contributed by atoms with Gasteiger partial charge in [-0.3, -0.25) is 4.79 Å². The number of nitrogens with zero attached hydrogens (tertiary/aromatic N) is 1. The zero-order valence-corrected chi connectivity index (χ0v) is 14.3. The monoisotopic (exact) mass is 358 g/mol. The van der Waals surface area contributed by atoms with Gasteiger partial charge in [0.2, 0.25) is 0 Å². The molecule has 0 unspecified atom stereocenters. The van der Waals surface area contributed by atoms with Crippen LogP contribution in [0.2, 0.25) is 0 Å². The van der Waals surface area contributed by atoms with Gasteiger partial charge in [0.05, 0.1) is 5.69 Å². The Morgan fingerprint density at radius 2 is 1.92 bits per heavy atom. The van der Waals surface area contributed by atoms with E-state index < -0.39 is 16.1 Å². The molecule has 0 aliphatic carbocycles.